The van der Waals surface area contributed by atoms with E-state index in [1.807, 2.05) is 61.8 Å². The van der Waals surface area contributed by atoms with Gasteiger partial charge in [-0.2, -0.15) is 0 Å². The van der Waals surface area contributed by atoms with E-state index in [0.29, 0.717) is 11.6 Å². The van der Waals surface area contributed by atoms with Crippen molar-refractivity contribution in [2.24, 2.45) is 5.92 Å². The van der Waals surface area contributed by atoms with Crippen molar-refractivity contribution in [3.8, 4) is 44.9 Å². The first kappa shape index (κ1) is 36.6. The number of aromatic nitrogens is 3. The minimum absolute atomic E-state index is 0. The number of rotatable bonds is 6. The Bertz CT molecular complexity index is 2450. The van der Waals surface area contributed by atoms with E-state index in [1.54, 1.807) is 0 Å². The molecule has 0 fully saturated rings. The van der Waals surface area contributed by atoms with Crippen molar-refractivity contribution < 1.29 is 24.5 Å². The topological polar surface area (TPSA) is 51.8 Å². The van der Waals surface area contributed by atoms with E-state index >= 15 is 0 Å². The fourth-order valence-electron chi connectivity index (χ4n) is 6.68. The van der Waals surface area contributed by atoms with Crippen LogP contribution in [0.5, 0.6) is 0 Å². The molecule has 4 nitrogen and oxygen atoms in total. The van der Waals surface area contributed by atoms with E-state index in [2.05, 4.69) is 118 Å². The van der Waals surface area contributed by atoms with E-state index in [-0.39, 0.29) is 20.1 Å². The van der Waals surface area contributed by atoms with Crippen molar-refractivity contribution in [1.82, 2.24) is 15.0 Å². The van der Waals surface area contributed by atoms with Crippen molar-refractivity contribution in [2.75, 3.05) is 0 Å². The maximum Gasteiger partial charge on any atom is 0.216 e. The first-order valence-electron chi connectivity index (χ1n) is 17.5. The molecule has 52 heavy (non-hydrogen) atoms. The zero-order chi connectivity index (χ0) is 35.5. The van der Waals surface area contributed by atoms with Gasteiger partial charge in [-0.1, -0.05) is 91.0 Å². The summed E-state index contributed by atoms with van der Waals surface area (Å²) in [6.45, 7) is 13.0. The Kier molecular flexibility index (Phi) is 11.2. The van der Waals surface area contributed by atoms with Crippen LogP contribution in [0.1, 0.15) is 41.7 Å². The summed E-state index contributed by atoms with van der Waals surface area (Å²) in [7, 11) is 0. The Morgan fingerprint density at radius 2 is 1.44 bits per heavy atom. The monoisotopic (exact) mass is 856 g/mol. The summed E-state index contributed by atoms with van der Waals surface area (Å²) < 4.78 is 6.45. The molecule has 5 heteroatoms. The maximum atomic E-state index is 6.45. The summed E-state index contributed by atoms with van der Waals surface area (Å²) in [5.74, 6) is 0.590. The molecule has 0 saturated heterocycles. The molecule has 0 aliphatic carbocycles. The average Bonchev–Trinajstić information content (AvgIpc) is 3.52. The summed E-state index contributed by atoms with van der Waals surface area (Å²) in [6, 6.07) is 43.8. The molecule has 0 atom stereocenters. The number of furan rings is 1. The van der Waals surface area contributed by atoms with Crippen LogP contribution in [0.3, 0.4) is 0 Å². The molecule has 1 radical (unpaired) electrons. The van der Waals surface area contributed by atoms with E-state index in [4.69, 9.17) is 14.4 Å². The third kappa shape index (κ3) is 7.67. The molecular weight excluding hydrogens is 815 g/mol. The summed E-state index contributed by atoms with van der Waals surface area (Å²) in [6.07, 6.45) is 4.90. The van der Waals surface area contributed by atoms with Crippen LogP contribution in [0.25, 0.3) is 67.0 Å². The number of hydrogen-bond acceptors (Lipinski definition) is 4. The van der Waals surface area contributed by atoms with Crippen molar-refractivity contribution in [3.05, 3.63) is 162 Å². The predicted octanol–water partition coefficient (Wildman–Crippen LogP) is 12.2. The second-order valence-electron chi connectivity index (χ2n) is 13.6. The number of benzene rings is 4. The van der Waals surface area contributed by atoms with Gasteiger partial charge in [0.1, 0.15) is 0 Å². The van der Waals surface area contributed by atoms with Gasteiger partial charge in [0, 0.05) is 43.4 Å². The minimum atomic E-state index is 0. The number of pyridine rings is 3. The normalized spacial score (nSPS) is 11.0. The van der Waals surface area contributed by atoms with Gasteiger partial charge in [0.25, 0.3) is 0 Å². The van der Waals surface area contributed by atoms with Crippen LogP contribution >= 0.6 is 0 Å². The smallest absolute Gasteiger partial charge is 0.216 e. The quantitative estimate of drug-likeness (QED) is 0.156. The minimum Gasteiger partial charge on any atom is -0.486 e. The van der Waals surface area contributed by atoms with Crippen molar-refractivity contribution in [2.45, 2.75) is 48.0 Å². The van der Waals surface area contributed by atoms with Crippen LogP contribution in [0, 0.1) is 45.7 Å². The maximum absolute atomic E-state index is 6.45. The van der Waals surface area contributed by atoms with Gasteiger partial charge >= 0.3 is 0 Å². The van der Waals surface area contributed by atoms with E-state index < -0.39 is 0 Å². The molecule has 0 amide bonds. The number of hydrogen-bond donors (Lipinski definition) is 0. The SMILES string of the molecule is Cc1cc(-c2[c-]ccc3c2oc2nc(-c4c(C)ccc(-c5ccccc5)c4C)ccc23)ncc1CC(C)C.Cc1ccc(-c2[c-]cccc2)nc1.[Ir]. The Hall–Kier alpha value is -5.22. The molecule has 0 aliphatic heterocycles. The molecule has 0 aliphatic rings. The summed E-state index contributed by atoms with van der Waals surface area (Å²) >= 11 is 0. The third-order valence-corrected chi connectivity index (χ3v) is 9.31. The Morgan fingerprint density at radius 1 is 0.673 bits per heavy atom. The molecule has 4 heterocycles. The van der Waals surface area contributed by atoms with Crippen molar-refractivity contribution in [1.29, 1.82) is 0 Å². The second kappa shape index (κ2) is 16.0. The van der Waals surface area contributed by atoms with Gasteiger partial charge in [-0.3, -0.25) is 0 Å². The van der Waals surface area contributed by atoms with Crippen LogP contribution in [-0.2, 0) is 26.5 Å². The fourth-order valence-corrected chi connectivity index (χ4v) is 6.68. The summed E-state index contributed by atoms with van der Waals surface area (Å²) in [4.78, 5) is 14.2. The first-order valence-corrected chi connectivity index (χ1v) is 17.5. The molecule has 0 saturated carbocycles. The number of aryl methyl sites for hydroxylation is 3. The van der Waals surface area contributed by atoms with Crippen LogP contribution in [-0.4, -0.2) is 15.0 Å². The molecule has 261 valence electrons. The van der Waals surface area contributed by atoms with Crippen LogP contribution in [0.4, 0.5) is 0 Å². The third-order valence-electron chi connectivity index (χ3n) is 9.31. The molecule has 0 bridgehead atoms. The average molecular weight is 856 g/mol. The van der Waals surface area contributed by atoms with Gasteiger partial charge in [-0.25, -0.2) is 4.98 Å². The van der Waals surface area contributed by atoms with Gasteiger partial charge < -0.3 is 14.4 Å². The number of fused-ring (bicyclic) bond motifs is 3. The molecule has 8 rings (SSSR count). The van der Waals surface area contributed by atoms with Crippen LogP contribution < -0.4 is 0 Å². The molecule has 0 unspecified atom stereocenters. The van der Waals surface area contributed by atoms with Gasteiger partial charge in [0.05, 0.1) is 11.3 Å². The fraction of sp³-hybridized carbons (Fsp3) is 0.170. The zero-order valence-electron chi connectivity index (χ0n) is 30.4. The van der Waals surface area contributed by atoms with E-state index in [9.17, 15) is 0 Å². The van der Waals surface area contributed by atoms with Crippen molar-refractivity contribution >= 4 is 22.1 Å². The molecule has 4 aromatic carbocycles. The largest absolute Gasteiger partial charge is 0.486 e. The van der Waals surface area contributed by atoms with Gasteiger partial charge in [-0.05, 0) is 96.9 Å². The zero-order valence-corrected chi connectivity index (χ0v) is 32.8. The Morgan fingerprint density at radius 3 is 2.15 bits per heavy atom. The van der Waals surface area contributed by atoms with Crippen LogP contribution in [0.2, 0.25) is 0 Å². The Labute approximate surface area is 320 Å². The number of nitrogens with zero attached hydrogens (tertiary/aromatic N) is 3. The summed E-state index contributed by atoms with van der Waals surface area (Å²) in [5.41, 5.74) is 15.8. The first-order chi connectivity index (χ1) is 24.8. The molecule has 0 spiro atoms. The molecular formula is C47H41IrN3O-2. The van der Waals surface area contributed by atoms with Crippen LogP contribution in [0.15, 0.2) is 126 Å². The Balaban J connectivity index is 0.000000279. The van der Waals surface area contributed by atoms with Gasteiger partial charge in [0.2, 0.25) is 5.71 Å². The van der Waals surface area contributed by atoms with Gasteiger partial charge in [-0.15, -0.1) is 54.1 Å². The predicted molar refractivity (Wildman–Crippen MR) is 210 cm³/mol. The second-order valence-corrected chi connectivity index (χ2v) is 13.6. The molecule has 4 aromatic heterocycles. The van der Waals surface area contributed by atoms with E-state index in [0.717, 1.165) is 56.5 Å². The van der Waals surface area contributed by atoms with E-state index in [1.165, 1.54) is 38.9 Å². The molecule has 0 N–H and O–H groups in total. The molecule has 8 aromatic rings. The van der Waals surface area contributed by atoms with Gasteiger partial charge in [0.15, 0.2) is 0 Å². The van der Waals surface area contributed by atoms with Crippen molar-refractivity contribution in [3.63, 3.8) is 0 Å². The summed E-state index contributed by atoms with van der Waals surface area (Å²) in [5, 5.41) is 2.03. The standard InChI is InChI=1S/C35H31N2O.C12H10N.Ir/c1-21(2)18-26-20-36-32(19-23(26)4)30-13-9-12-28-29-16-17-31(37-35(29)38-34(28)30)33-22(3)14-15-27(24(33)5)25-10-7-6-8-11-25;1-10-7-8-12(13-9-10)11-5-3-2-4-6-11;/h6-12,14-17,19-21H,18H2,1-5H3;2-5,7-9H,1H3;/q2*-1;.